The van der Waals surface area contributed by atoms with Crippen LogP contribution in [0.2, 0.25) is 0 Å². The van der Waals surface area contributed by atoms with Gasteiger partial charge >= 0.3 is 12.1 Å². The number of nitrogens with one attached hydrogen (secondary N) is 1. The largest absolute Gasteiger partial charge is 0.480 e. The fourth-order valence-electron chi connectivity index (χ4n) is 0.993. The first-order valence-corrected chi connectivity index (χ1v) is 6.74. The van der Waals surface area contributed by atoms with E-state index < -0.39 is 39.7 Å². The third kappa shape index (κ3) is 4.23. The third-order valence-corrected chi connectivity index (χ3v) is 3.82. The number of hydrogen-bond acceptors (Lipinski definition) is 5. The van der Waals surface area contributed by atoms with Crippen LogP contribution in [0.1, 0.15) is 6.42 Å². The molecule has 11 heteroatoms. The summed E-state index contributed by atoms with van der Waals surface area (Å²) in [5, 5.41) is 9.12. The number of aromatic nitrogens is 1. The average molecular weight is 304 g/mol. The summed E-state index contributed by atoms with van der Waals surface area (Å²) >= 11 is 0.915. The topological polar surface area (TPSA) is 96.4 Å². The molecule has 6 nitrogen and oxygen atoms in total. The molecule has 1 unspecified atom stereocenters. The number of alkyl halides is 3. The van der Waals surface area contributed by atoms with Crippen molar-refractivity contribution in [2.45, 2.75) is 23.7 Å². The summed E-state index contributed by atoms with van der Waals surface area (Å²) in [4.78, 5) is 14.0. The number of carbonyl (C=O) groups is 1. The van der Waals surface area contributed by atoms with Gasteiger partial charge in [-0.25, -0.2) is 13.4 Å². The van der Waals surface area contributed by atoms with Gasteiger partial charge in [-0.05, 0) is 0 Å². The van der Waals surface area contributed by atoms with Crippen molar-refractivity contribution >= 4 is 27.3 Å². The van der Waals surface area contributed by atoms with E-state index in [2.05, 4.69) is 4.98 Å². The van der Waals surface area contributed by atoms with E-state index in [1.807, 2.05) is 0 Å². The second-order valence-electron chi connectivity index (χ2n) is 3.16. The van der Waals surface area contributed by atoms with E-state index in [4.69, 9.17) is 5.11 Å². The Kier molecular flexibility index (Phi) is 4.29. The van der Waals surface area contributed by atoms with Crippen molar-refractivity contribution in [3.63, 3.8) is 0 Å². The Hall–Kier alpha value is -1.20. The number of thiazole rings is 1. The van der Waals surface area contributed by atoms with Crippen molar-refractivity contribution in [2.24, 2.45) is 0 Å². The van der Waals surface area contributed by atoms with Gasteiger partial charge in [0.15, 0.2) is 5.03 Å². The molecule has 0 aliphatic rings. The average Bonchev–Trinajstić information content (AvgIpc) is 2.66. The van der Waals surface area contributed by atoms with Crippen molar-refractivity contribution in [3.8, 4) is 0 Å². The van der Waals surface area contributed by atoms with Crippen molar-refractivity contribution in [2.75, 3.05) is 0 Å². The van der Waals surface area contributed by atoms with Crippen molar-refractivity contribution in [1.82, 2.24) is 9.71 Å². The molecule has 0 amide bonds. The highest BCUT2D eigenvalue weighted by atomic mass is 32.2. The Morgan fingerprint density at radius 2 is 2.17 bits per heavy atom. The van der Waals surface area contributed by atoms with Gasteiger partial charge in [0.1, 0.15) is 6.04 Å². The Bertz CT molecular complexity index is 511. The van der Waals surface area contributed by atoms with E-state index in [0.717, 1.165) is 22.2 Å². The molecule has 0 aliphatic carbocycles. The first-order chi connectivity index (χ1) is 8.12. The maximum Gasteiger partial charge on any atom is 0.391 e. The van der Waals surface area contributed by atoms with E-state index in [0.29, 0.717) is 0 Å². The predicted octanol–water partition coefficient (Wildman–Crippen LogP) is 0.827. The lowest BCUT2D eigenvalue weighted by Gasteiger charge is -2.15. The third-order valence-electron chi connectivity index (χ3n) is 1.72. The molecule has 1 rings (SSSR count). The molecule has 1 atom stereocenters. The molecule has 0 aliphatic heterocycles. The van der Waals surface area contributed by atoms with E-state index in [9.17, 15) is 26.4 Å². The van der Waals surface area contributed by atoms with Gasteiger partial charge in [-0.1, -0.05) is 0 Å². The highest BCUT2D eigenvalue weighted by Crippen LogP contribution is 2.22. The van der Waals surface area contributed by atoms with Crippen LogP contribution in [0.4, 0.5) is 13.2 Å². The molecule has 0 radical (unpaired) electrons. The van der Waals surface area contributed by atoms with E-state index in [-0.39, 0.29) is 0 Å². The number of nitrogens with zero attached hydrogens (tertiary/aromatic N) is 1. The van der Waals surface area contributed by atoms with Crippen LogP contribution in [0.3, 0.4) is 0 Å². The van der Waals surface area contributed by atoms with Crippen LogP contribution >= 0.6 is 11.3 Å². The summed E-state index contributed by atoms with van der Waals surface area (Å²) in [6.45, 7) is 0. The summed E-state index contributed by atoms with van der Waals surface area (Å²) < 4.78 is 60.7. The molecule has 1 aromatic rings. The van der Waals surface area contributed by atoms with E-state index >= 15 is 0 Å². The minimum atomic E-state index is -4.80. The van der Waals surface area contributed by atoms with Gasteiger partial charge in [-0.15, -0.1) is 11.3 Å². The van der Waals surface area contributed by atoms with Crippen molar-refractivity contribution in [3.05, 3.63) is 10.9 Å². The van der Waals surface area contributed by atoms with Crippen LogP contribution in [0.25, 0.3) is 0 Å². The molecule has 0 saturated heterocycles. The zero-order valence-electron chi connectivity index (χ0n) is 8.51. The number of rotatable bonds is 5. The quantitative estimate of drug-likeness (QED) is 0.840. The maximum atomic E-state index is 12.1. The fraction of sp³-hybridized carbons (Fsp3) is 0.429. The normalized spacial score (nSPS) is 14.4. The molecule has 0 aromatic carbocycles. The minimum Gasteiger partial charge on any atom is -0.480 e. The van der Waals surface area contributed by atoms with Gasteiger partial charge in [0.25, 0.3) is 10.0 Å². The standard InChI is InChI=1S/C7H7F3N2O4S2/c8-7(9,10)1-4(6(13)14)12-18(15,16)5-2-17-3-11-5/h2-4,12H,1H2,(H,13,14). The zero-order valence-corrected chi connectivity index (χ0v) is 10.1. The van der Waals surface area contributed by atoms with Gasteiger partial charge in [0.05, 0.1) is 11.9 Å². The number of carboxylic acid groups (broad SMARTS) is 1. The number of halogens is 3. The predicted molar refractivity (Wildman–Crippen MR) is 54.5 cm³/mol. The molecule has 0 spiro atoms. The summed E-state index contributed by atoms with van der Waals surface area (Å²) in [5.74, 6) is -1.91. The highest BCUT2D eigenvalue weighted by molar-refractivity contribution is 7.89. The number of hydrogen-bond donors (Lipinski definition) is 2. The molecule has 0 bridgehead atoms. The number of aliphatic carboxylic acids is 1. The highest BCUT2D eigenvalue weighted by Gasteiger charge is 2.38. The second kappa shape index (κ2) is 5.20. The molecule has 0 fully saturated rings. The smallest absolute Gasteiger partial charge is 0.391 e. The lowest BCUT2D eigenvalue weighted by atomic mass is 10.2. The van der Waals surface area contributed by atoms with Crippen LogP contribution in [-0.2, 0) is 14.8 Å². The number of sulfonamides is 1. The van der Waals surface area contributed by atoms with Gasteiger partial charge in [-0.3, -0.25) is 4.79 Å². The lowest BCUT2D eigenvalue weighted by Crippen LogP contribution is -2.43. The monoisotopic (exact) mass is 304 g/mol. The SMILES string of the molecule is O=C(O)C(CC(F)(F)F)NS(=O)(=O)c1cscn1. The Labute approximate surface area is 104 Å². The van der Waals surface area contributed by atoms with Crippen LogP contribution in [0, 0.1) is 0 Å². The molecule has 18 heavy (non-hydrogen) atoms. The van der Waals surface area contributed by atoms with Crippen molar-refractivity contribution in [1.29, 1.82) is 0 Å². The summed E-state index contributed by atoms with van der Waals surface area (Å²) in [6.07, 6.45) is -6.60. The molecule has 2 N–H and O–H groups in total. The maximum absolute atomic E-state index is 12.1. The molecule has 1 aromatic heterocycles. The number of carboxylic acids is 1. The van der Waals surface area contributed by atoms with Crippen molar-refractivity contribution < 1.29 is 31.5 Å². The second-order valence-corrected chi connectivity index (χ2v) is 5.54. The summed E-state index contributed by atoms with van der Waals surface area (Å²) in [6, 6.07) is -2.28. The lowest BCUT2D eigenvalue weighted by molar-refractivity contribution is -0.157. The minimum absolute atomic E-state index is 0.513. The van der Waals surface area contributed by atoms with E-state index in [1.165, 1.54) is 4.72 Å². The van der Waals surface area contributed by atoms with E-state index in [1.54, 1.807) is 0 Å². The summed E-state index contributed by atoms with van der Waals surface area (Å²) in [5.41, 5.74) is 1.16. The molecular formula is C7H7F3N2O4S2. The molecule has 1 heterocycles. The van der Waals surface area contributed by atoms with Crippen LogP contribution in [0.15, 0.2) is 15.9 Å². The fourth-order valence-corrected chi connectivity index (χ4v) is 3.02. The van der Waals surface area contributed by atoms with Crippen LogP contribution in [0.5, 0.6) is 0 Å². The van der Waals surface area contributed by atoms with Gasteiger partial charge in [0, 0.05) is 5.38 Å². The van der Waals surface area contributed by atoms with Crippen LogP contribution < -0.4 is 4.72 Å². The Morgan fingerprint density at radius 1 is 1.56 bits per heavy atom. The molecule has 102 valence electrons. The first kappa shape index (κ1) is 14.9. The summed E-state index contributed by atoms with van der Waals surface area (Å²) in [7, 11) is -4.37. The molecule has 0 saturated carbocycles. The molecular weight excluding hydrogens is 297 g/mol. The van der Waals surface area contributed by atoms with Crippen LogP contribution in [-0.4, -0.2) is 36.7 Å². The Balaban J connectivity index is 2.89. The van der Waals surface area contributed by atoms with Gasteiger partial charge in [-0.2, -0.15) is 17.9 Å². The van der Waals surface area contributed by atoms with Gasteiger partial charge in [0.2, 0.25) is 0 Å². The zero-order chi connectivity index (χ0) is 14.0. The Morgan fingerprint density at radius 3 is 2.56 bits per heavy atom. The first-order valence-electron chi connectivity index (χ1n) is 4.32. The van der Waals surface area contributed by atoms with Gasteiger partial charge < -0.3 is 5.11 Å².